The molecule has 0 spiro atoms. The van der Waals surface area contributed by atoms with Gasteiger partial charge in [-0.05, 0) is 48.4 Å². The number of rotatable bonds is 4. The molecule has 6 nitrogen and oxygen atoms in total. The number of carbonyl (C=O) groups is 2. The highest BCUT2D eigenvalue weighted by Gasteiger charge is 2.24. The van der Waals surface area contributed by atoms with Gasteiger partial charge in [0.25, 0.3) is 5.91 Å². The van der Waals surface area contributed by atoms with Crippen molar-refractivity contribution in [1.29, 1.82) is 0 Å². The van der Waals surface area contributed by atoms with Gasteiger partial charge in [0, 0.05) is 50.6 Å². The molecule has 1 fully saturated rings. The monoisotopic (exact) mass is 388 g/mol. The number of carbonyl (C=O) groups excluding carboxylic acids is 2. The zero-order valence-electron chi connectivity index (χ0n) is 16.5. The summed E-state index contributed by atoms with van der Waals surface area (Å²) in [5, 5.41) is 4.20. The molecule has 29 heavy (non-hydrogen) atoms. The van der Waals surface area contributed by atoms with Gasteiger partial charge >= 0.3 is 0 Å². The van der Waals surface area contributed by atoms with Gasteiger partial charge in [-0.15, -0.1) is 0 Å². The van der Waals surface area contributed by atoms with Crippen molar-refractivity contribution in [1.82, 2.24) is 19.6 Å². The highest BCUT2D eigenvalue weighted by atomic mass is 16.2. The maximum Gasteiger partial charge on any atom is 0.253 e. The predicted molar refractivity (Wildman–Crippen MR) is 111 cm³/mol. The lowest BCUT2D eigenvalue weighted by Crippen LogP contribution is -2.35. The molecular formula is C23H24N4O2. The van der Waals surface area contributed by atoms with E-state index in [1.54, 1.807) is 15.8 Å². The molecule has 0 bridgehead atoms. The zero-order valence-corrected chi connectivity index (χ0v) is 16.5. The fraction of sp³-hybridized carbons (Fsp3) is 0.261. The van der Waals surface area contributed by atoms with Crippen LogP contribution in [0, 0.1) is 6.92 Å². The molecule has 0 N–H and O–H groups in total. The van der Waals surface area contributed by atoms with Gasteiger partial charge in [0.2, 0.25) is 5.91 Å². The van der Waals surface area contributed by atoms with Crippen LogP contribution in [0.1, 0.15) is 27.9 Å². The average Bonchev–Trinajstić information content (AvgIpc) is 3.22. The molecule has 2 heterocycles. The summed E-state index contributed by atoms with van der Waals surface area (Å²) >= 11 is 0. The largest absolute Gasteiger partial charge is 0.337 e. The Labute approximate surface area is 170 Å². The van der Waals surface area contributed by atoms with Crippen molar-refractivity contribution in [3.8, 4) is 5.69 Å². The minimum Gasteiger partial charge on any atom is -0.337 e. The number of hydrogen-bond acceptors (Lipinski definition) is 3. The molecular weight excluding hydrogens is 364 g/mol. The van der Waals surface area contributed by atoms with Crippen LogP contribution in [0.3, 0.4) is 0 Å². The second-order valence-electron chi connectivity index (χ2n) is 7.28. The van der Waals surface area contributed by atoms with E-state index in [9.17, 15) is 9.59 Å². The predicted octanol–water partition coefficient (Wildman–Crippen LogP) is 3.06. The first-order chi connectivity index (χ1) is 14.1. The van der Waals surface area contributed by atoms with E-state index in [0.29, 0.717) is 38.2 Å². The Morgan fingerprint density at radius 3 is 2.52 bits per heavy atom. The fourth-order valence-electron chi connectivity index (χ4n) is 3.59. The van der Waals surface area contributed by atoms with Crippen LogP contribution in [-0.2, 0) is 11.3 Å². The molecule has 0 aliphatic carbocycles. The molecule has 2 amide bonds. The van der Waals surface area contributed by atoms with Crippen LogP contribution < -0.4 is 0 Å². The number of aromatic nitrogens is 2. The maximum atomic E-state index is 12.9. The Balaban J connectivity index is 1.43. The van der Waals surface area contributed by atoms with Crippen LogP contribution >= 0.6 is 0 Å². The lowest BCUT2D eigenvalue weighted by molar-refractivity contribution is -0.130. The molecule has 148 valence electrons. The van der Waals surface area contributed by atoms with Crippen molar-refractivity contribution in [3.63, 3.8) is 0 Å². The summed E-state index contributed by atoms with van der Waals surface area (Å²) in [4.78, 5) is 29.2. The Bertz CT molecular complexity index is 996. The Morgan fingerprint density at radius 1 is 1.00 bits per heavy atom. The number of hydrogen-bond donors (Lipinski definition) is 0. The van der Waals surface area contributed by atoms with Gasteiger partial charge in [-0.3, -0.25) is 9.59 Å². The minimum atomic E-state index is -0.0393. The van der Waals surface area contributed by atoms with E-state index in [1.165, 1.54) is 5.56 Å². The third-order valence-electron chi connectivity index (χ3n) is 5.38. The first kappa shape index (κ1) is 18.9. The normalized spacial score (nSPS) is 14.7. The summed E-state index contributed by atoms with van der Waals surface area (Å²) in [6, 6.07) is 17.4. The summed E-state index contributed by atoms with van der Waals surface area (Å²) in [5.41, 5.74) is 3.85. The van der Waals surface area contributed by atoms with Gasteiger partial charge in [-0.2, -0.15) is 5.10 Å². The van der Waals surface area contributed by atoms with Crippen molar-refractivity contribution in [2.45, 2.75) is 19.9 Å². The highest BCUT2D eigenvalue weighted by molar-refractivity contribution is 5.95. The molecule has 3 aromatic rings. The molecule has 4 rings (SSSR count). The minimum absolute atomic E-state index is 0.0393. The molecule has 1 aliphatic heterocycles. The van der Waals surface area contributed by atoms with Crippen LogP contribution in [0.4, 0.5) is 0 Å². The van der Waals surface area contributed by atoms with Gasteiger partial charge < -0.3 is 9.80 Å². The maximum absolute atomic E-state index is 12.9. The lowest BCUT2D eigenvalue weighted by atomic mass is 10.1. The zero-order chi connectivity index (χ0) is 20.2. The lowest BCUT2D eigenvalue weighted by Gasteiger charge is -2.23. The summed E-state index contributed by atoms with van der Waals surface area (Å²) < 4.78 is 1.75. The van der Waals surface area contributed by atoms with Crippen molar-refractivity contribution in [3.05, 3.63) is 83.7 Å². The quantitative estimate of drug-likeness (QED) is 0.690. The van der Waals surface area contributed by atoms with Gasteiger partial charge in [-0.25, -0.2) is 4.68 Å². The van der Waals surface area contributed by atoms with E-state index in [2.05, 4.69) is 24.2 Å². The number of aryl methyl sites for hydroxylation is 1. The van der Waals surface area contributed by atoms with Crippen LogP contribution in [-0.4, -0.2) is 51.0 Å². The van der Waals surface area contributed by atoms with Crippen LogP contribution in [0.25, 0.3) is 5.69 Å². The fourth-order valence-corrected chi connectivity index (χ4v) is 3.59. The van der Waals surface area contributed by atoms with Gasteiger partial charge in [-0.1, -0.05) is 24.3 Å². The second kappa shape index (κ2) is 8.31. The third kappa shape index (κ3) is 4.21. The molecule has 0 saturated carbocycles. The molecule has 1 aliphatic rings. The first-order valence-corrected chi connectivity index (χ1v) is 9.83. The van der Waals surface area contributed by atoms with E-state index in [1.807, 2.05) is 53.6 Å². The average molecular weight is 388 g/mol. The summed E-state index contributed by atoms with van der Waals surface area (Å²) in [7, 11) is 0. The molecule has 1 saturated heterocycles. The molecule has 1 aromatic heterocycles. The summed E-state index contributed by atoms with van der Waals surface area (Å²) in [5.74, 6) is 0.0557. The Morgan fingerprint density at radius 2 is 1.79 bits per heavy atom. The second-order valence-corrected chi connectivity index (χ2v) is 7.28. The Hall–Kier alpha value is -3.41. The molecule has 0 unspecified atom stereocenters. The van der Waals surface area contributed by atoms with Crippen molar-refractivity contribution in [2.24, 2.45) is 0 Å². The van der Waals surface area contributed by atoms with Crippen LogP contribution in [0.15, 0.2) is 67.0 Å². The van der Waals surface area contributed by atoms with Crippen LogP contribution in [0.2, 0.25) is 0 Å². The van der Waals surface area contributed by atoms with Gasteiger partial charge in [0.05, 0.1) is 5.69 Å². The molecule has 0 atom stereocenters. The molecule has 0 radical (unpaired) electrons. The van der Waals surface area contributed by atoms with E-state index < -0.39 is 0 Å². The van der Waals surface area contributed by atoms with Crippen molar-refractivity contribution >= 4 is 11.8 Å². The third-order valence-corrected chi connectivity index (χ3v) is 5.38. The SMILES string of the molecule is Cc1ccccc1CN1CCN(C(=O)c2ccc(-n3cccn3)cc2)CCC1=O. The van der Waals surface area contributed by atoms with E-state index >= 15 is 0 Å². The highest BCUT2D eigenvalue weighted by Crippen LogP contribution is 2.16. The van der Waals surface area contributed by atoms with E-state index in [4.69, 9.17) is 0 Å². The number of benzene rings is 2. The first-order valence-electron chi connectivity index (χ1n) is 9.83. The number of amides is 2. The summed E-state index contributed by atoms with van der Waals surface area (Å²) in [6.45, 7) is 4.18. The van der Waals surface area contributed by atoms with Crippen LogP contribution in [0.5, 0.6) is 0 Å². The smallest absolute Gasteiger partial charge is 0.253 e. The van der Waals surface area contributed by atoms with E-state index in [0.717, 1.165) is 11.3 Å². The summed E-state index contributed by atoms with van der Waals surface area (Å²) in [6.07, 6.45) is 3.93. The standard InChI is InChI=1S/C23H24N4O2/c1-18-5-2-3-6-20(18)17-26-16-15-25(14-11-22(26)28)23(29)19-7-9-21(10-8-19)27-13-4-12-24-27/h2-10,12-13H,11,14-17H2,1H3. The molecule has 6 heteroatoms. The van der Waals surface area contributed by atoms with Crippen molar-refractivity contribution in [2.75, 3.05) is 19.6 Å². The van der Waals surface area contributed by atoms with E-state index in [-0.39, 0.29) is 11.8 Å². The Kier molecular flexibility index (Phi) is 5.42. The van der Waals surface area contributed by atoms with Gasteiger partial charge in [0.1, 0.15) is 0 Å². The topological polar surface area (TPSA) is 58.4 Å². The van der Waals surface area contributed by atoms with Crippen molar-refractivity contribution < 1.29 is 9.59 Å². The number of nitrogens with zero attached hydrogens (tertiary/aromatic N) is 4. The van der Waals surface area contributed by atoms with Gasteiger partial charge in [0.15, 0.2) is 0 Å². The molecule has 2 aromatic carbocycles.